The molecule has 2 rings (SSSR count). The molecule has 0 bridgehead atoms. The molecule has 0 unspecified atom stereocenters. The van der Waals surface area contributed by atoms with Gasteiger partial charge >= 0.3 is 0 Å². The maximum atomic E-state index is 11.7. The summed E-state index contributed by atoms with van der Waals surface area (Å²) in [5.74, 6) is 0.351. The molecular weight excluding hydrogens is 296 g/mol. The lowest BCUT2D eigenvalue weighted by Gasteiger charge is -2.09. The molecule has 2 heterocycles. The highest BCUT2D eigenvalue weighted by Gasteiger charge is 2.16. The molecule has 8 heteroatoms. The number of hydrogen-bond acceptors (Lipinski definition) is 7. The molecule has 20 heavy (non-hydrogen) atoms. The fourth-order valence-corrected chi connectivity index (χ4v) is 3.30. The number of aromatic nitrogens is 2. The van der Waals surface area contributed by atoms with Crippen molar-refractivity contribution in [2.75, 3.05) is 30.8 Å². The lowest BCUT2D eigenvalue weighted by molar-refractivity contribution is -0.119. The summed E-state index contributed by atoms with van der Waals surface area (Å²) in [6.07, 6.45) is 4.05. The summed E-state index contributed by atoms with van der Waals surface area (Å²) in [5.41, 5.74) is 0. The zero-order valence-corrected chi connectivity index (χ0v) is 12.8. The number of amides is 1. The number of carbonyl (C=O) groups excluding carboxylic acids is 1. The molecule has 0 aliphatic carbocycles. The first-order valence-corrected chi connectivity index (χ1v) is 8.27. The quantitative estimate of drug-likeness (QED) is 0.560. The summed E-state index contributed by atoms with van der Waals surface area (Å²) in [5, 5.41) is 14.7. The highest BCUT2D eigenvalue weighted by Crippen LogP contribution is 2.25. The molecule has 110 valence electrons. The van der Waals surface area contributed by atoms with Crippen molar-refractivity contribution in [3.63, 3.8) is 0 Å². The second-order valence-electron chi connectivity index (χ2n) is 4.27. The Morgan fingerprint density at radius 3 is 3.25 bits per heavy atom. The van der Waals surface area contributed by atoms with Crippen molar-refractivity contribution >= 4 is 34.1 Å². The Labute approximate surface area is 126 Å². The average molecular weight is 314 g/mol. The Morgan fingerprint density at radius 2 is 2.50 bits per heavy atom. The normalized spacial score (nSPS) is 17.9. The largest absolute Gasteiger partial charge is 0.376 e. The van der Waals surface area contributed by atoms with Crippen LogP contribution in [0.2, 0.25) is 0 Å². The van der Waals surface area contributed by atoms with Gasteiger partial charge in [-0.25, -0.2) is 0 Å². The monoisotopic (exact) mass is 314 g/mol. The molecule has 1 atom stereocenters. The van der Waals surface area contributed by atoms with Crippen LogP contribution in [0.25, 0.3) is 0 Å². The van der Waals surface area contributed by atoms with E-state index >= 15 is 0 Å². The van der Waals surface area contributed by atoms with E-state index in [9.17, 15) is 4.79 Å². The van der Waals surface area contributed by atoms with E-state index in [2.05, 4.69) is 27.4 Å². The lowest BCUT2D eigenvalue weighted by Crippen LogP contribution is -2.32. The second kappa shape index (κ2) is 8.23. The third-order valence-corrected chi connectivity index (χ3v) is 4.70. The first-order valence-electron chi connectivity index (χ1n) is 6.47. The van der Waals surface area contributed by atoms with Gasteiger partial charge in [0.05, 0.1) is 11.9 Å². The van der Waals surface area contributed by atoms with E-state index in [1.54, 1.807) is 6.08 Å². The maximum absolute atomic E-state index is 11.7. The third-order valence-electron chi connectivity index (χ3n) is 2.68. The summed E-state index contributed by atoms with van der Waals surface area (Å²) in [6.45, 7) is 5.68. The summed E-state index contributed by atoms with van der Waals surface area (Å²) >= 11 is 2.83. The number of carbonyl (C=O) groups is 1. The zero-order chi connectivity index (χ0) is 14.2. The highest BCUT2D eigenvalue weighted by molar-refractivity contribution is 8.01. The number of nitrogens with zero attached hydrogens (tertiary/aromatic N) is 2. The first kappa shape index (κ1) is 15.3. The Hall–Kier alpha value is -1.12. The van der Waals surface area contributed by atoms with Gasteiger partial charge < -0.3 is 15.4 Å². The molecule has 1 fully saturated rings. The lowest BCUT2D eigenvalue weighted by atomic mass is 10.2. The van der Waals surface area contributed by atoms with E-state index in [0.29, 0.717) is 18.8 Å². The van der Waals surface area contributed by atoms with Crippen LogP contribution >= 0.6 is 23.1 Å². The Morgan fingerprint density at radius 1 is 1.60 bits per heavy atom. The van der Waals surface area contributed by atoms with E-state index in [1.807, 2.05) is 0 Å². The number of ether oxygens (including phenoxy) is 1. The molecule has 0 radical (unpaired) electrons. The SMILES string of the molecule is C=CCNc1nnc(SCC(=O)NC[C@H]2CCCO2)s1. The van der Waals surface area contributed by atoms with Gasteiger partial charge in [-0.2, -0.15) is 0 Å². The first-order chi connectivity index (χ1) is 9.78. The molecule has 1 aliphatic heterocycles. The summed E-state index contributed by atoms with van der Waals surface area (Å²) < 4.78 is 6.23. The van der Waals surface area contributed by atoms with Gasteiger partial charge in [-0.15, -0.1) is 16.8 Å². The number of nitrogens with one attached hydrogen (secondary N) is 2. The molecule has 1 aliphatic rings. The molecule has 1 saturated heterocycles. The van der Waals surface area contributed by atoms with Gasteiger partial charge in [0.15, 0.2) is 4.34 Å². The standard InChI is InChI=1S/C12H18N4O2S2/c1-2-5-13-11-15-16-12(20-11)19-8-10(17)14-7-9-4-3-6-18-9/h2,9H,1,3-8H2,(H,13,15)(H,14,17)/t9-/m1/s1. The average Bonchev–Trinajstić information content (AvgIpc) is 3.12. The van der Waals surface area contributed by atoms with Crippen LogP contribution in [0.1, 0.15) is 12.8 Å². The van der Waals surface area contributed by atoms with E-state index in [4.69, 9.17) is 4.74 Å². The van der Waals surface area contributed by atoms with Crippen LogP contribution in [-0.4, -0.2) is 47.7 Å². The molecule has 0 spiro atoms. The van der Waals surface area contributed by atoms with Crippen LogP contribution in [0.15, 0.2) is 17.0 Å². The topological polar surface area (TPSA) is 76.1 Å². The second-order valence-corrected chi connectivity index (χ2v) is 6.47. The van der Waals surface area contributed by atoms with Gasteiger partial charge in [0.2, 0.25) is 11.0 Å². The Balaban J connectivity index is 1.64. The number of hydrogen-bond donors (Lipinski definition) is 2. The van der Waals surface area contributed by atoms with Crippen LogP contribution in [0.4, 0.5) is 5.13 Å². The van der Waals surface area contributed by atoms with Crippen LogP contribution in [0, 0.1) is 0 Å². The molecule has 1 amide bonds. The van der Waals surface area contributed by atoms with Crippen molar-refractivity contribution in [1.82, 2.24) is 15.5 Å². The van der Waals surface area contributed by atoms with E-state index < -0.39 is 0 Å². The molecule has 0 aromatic carbocycles. The molecule has 0 saturated carbocycles. The minimum atomic E-state index is 0.00120. The maximum Gasteiger partial charge on any atom is 0.230 e. The van der Waals surface area contributed by atoms with Crippen LogP contribution in [0.5, 0.6) is 0 Å². The number of thioether (sulfide) groups is 1. The number of rotatable bonds is 8. The molecule has 1 aromatic heterocycles. The zero-order valence-electron chi connectivity index (χ0n) is 11.1. The molecule has 6 nitrogen and oxygen atoms in total. The third kappa shape index (κ3) is 5.10. The van der Waals surface area contributed by atoms with Gasteiger partial charge in [0.25, 0.3) is 0 Å². The van der Waals surface area contributed by atoms with Crippen molar-refractivity contribution in [3.8, 4) is 0 Å². The van der Waals surface area contributed by atoms with Crippen molar-refractivity contribution < 1.29 is 9.53 Å². The number of anilines is 1. The molecule has 1 aromatic rings. The Kier molecular flexibility index (Phi) is 6.28. The smallest absolute Gasteiger partial charge is 0.230 e. The van der Waals surface area contributed by atoms with Gasteiger partial charge in [-0.05, 0) is 12.8 Å². The van der Waals surface area contributed by atoms with Crippen LogP contribution < -0.4 is 10.6 Å². The minimum absolute atomic E-state index is 0.00120. The fourth-order valence-electron chi connectivity index (χ4n) is 1.71. The van der Waals surface area contributed by atoms with Crippen molar-refractivity contribution in [2.45, 2.75) is 23.3 Å². The predicted molar refractivity (Wildman–Crippen MR) is 81.3 cm³/mol. The van der Waals surface area contributed by atoms with Gasteiger partial charge in [0.1, 0.15) is 0 Å². The van der Waals surface area contributed by atoms with Crippen molar-refractivity contribution in [2.24, 2.45) is 0 Å². The van der Waals surface area contributed by atoms with Gasteiger partial charge in [0, 0.05) is 19.7 Å². The molecule has 2 N–H and O–H groups in total. The summed E-state index contributed by atoms with van der Waals surface area (Å²) in [7, 11) is 0. The Bertz CT molecular complexity index is 446. The highest BCUT2D eigenvalue weighted by atomic mass is 32.2. The van der Waals surface area contributed by atoms with Crippen molar-refractivity contribution in [3.05, 3.63) is 12.7 Å². The summed E-state index contributed by atoms with van der Waals surface area (Å²) in [4.78, 5) is 11.7. The van der Waals surface area contributed by atoms with Crippen molar-refractivity contribution in [1.29, 1.82) is 0 Å². The van der Waals surface area contributed by atoms with Gasteiger partial charge in [-0.3, -0.25) is 4.79 Å². The van der Waals surface area contributed by atoms with Crippen LogP contribution in [0.3, 0.4) is 0 Å². The van der Waals surface area contributed by atoms with E-state index in [1.165, 1.54) is 23.1 Å². The van der Waals surface area contributed by atoms with E-state index in [0.717, 1.165) is 28.9 Å². The fraction of sp³-hybridized carbons (Fsp3) is 0.583. The van der Waals surface area contributed by atoms with E-state index in [-0.39, 0.29) is 12.0 Å². The van der Waals surface area contributed by atoms with Gasteiger partial charge in [-0.1, -0.05) is 29.2 Å². The predicted octanol–water partition coefficient (Wildman–Crippen LogP) is 1.52. The van der Waals surface area contributed by atoms with Crippen LogP contribution in [-0.2, 0) is 9.53 Å². The summed E-state index contributed by atoms with van der Waals surface area (Å²) in [6, 6.07) is 0. The minimum Gasteiger partial charge on any atom is -0.376 e. The molecular formula is C12H18N4O2S2.